The molecule has 0 bridgehead atoms. The maximum absolute atomic E-state index is 4.29. The topological polar surface area (TPSA) is 24.9 Å². The number of aromatic nitrogens is 1. The van der Waals surface area contributed by atoms with Crippen LogP contribution < -0.4 is 5.32 Å². The maximum atomic E-state index is 4.29. The van der Waals surface area contributed by atoms with Crippen molar-refractivity contribution in [3.8, 4) is 0 Å². The minimum atomic E-state index is 0.603. The number of hydrogen-bond acceptors (Lipinski definition) is 2. The van der Waals surface area contributed by atoms with Crippen molar-refractivity contribution in [3.05, 3.63) is 29.6 Å². The van der Waals surface area contributed by atoms with E-state index in [0.717, 1.165) is 12.2 Å². The largest absolute Gasteiger partial charge is 0.310 e. The number of nitrogens with zero attached hydrogens (tertiary/aromatic N) is 1. The van der Waals surface area contributed by atoms with Crippen molar-refractivity contribution >= 4 is 0 Å². The Morgan fingerprint density at radius 2 is 2.07 bits per heavy atom. The predicted octanol–water partition coefficient (Wildman–Crippen LogP) is 2.91. The number of nitrogens with one attached hydrogen (secondary N) is 1. The van der Waals surface area contributed by atoms with E-state index in [1.165, 1.54) is 12.0 Å². The average Bonchev–Trinajstić information content (AvgIpc) is 2.21. The molecular formula is C13H22N2. The van der Waals surface area contributed by atoms with Crippen LogP contribution in [0.3, 0.4) is 0 Å². The summed E-state index contributed by atoms with van der Waals surface area (Å²) in [5, 5.41) is 3.56. The quantitative estimate of drug-likeness (QED) is 0.801. The second-order valence-corrected chi connectivity index (χ2v) is 4.45. The van der Waals surface area contributed by atoms with Gasteiger partial charge in [0.25, 0.3) is 0 Å². The molecule has 0 aliphatic carbocycles. The van der Waals surface area contributed by atoms with Gasteiger partial charge in [0.05, 0.1) is 0 Å². The highest BCUT2D eigenvalue weighted by molar-refractivity contribution is 5.12. The van der Waals surface area contributed by atoms with Crippen LogP contribution in [0.2, 0.25) is 0 Å². The summed E-state index contributed by atoms with van der Waals surface area (Å²) in [4.78, 5) is 4.29. The average molecular weight is 206 g/mol. The lowest BCUT2D eigenvalue weighted by Gasteiger charge is -2.20. The van der Waals surface area contributed by atoms with E-state index < -0.39 is 0 Å². The summed E-state index contributed by atoms with van der Waals surface area (Å²) in [5.41, 5.74) is 2.34. The molecule has 0 radical (unpaired) electrons. The number of pyridine rings is 1. The fourth-order valence-corrected chi connectivity index (χ4v) is 1.70. The molecule has 0 spiro atoms. The molecule has 84 valence electrons. The van der Waals surface area contributed by atoms with Crippen LogP contribution in [0.1, 0.15) is 38.4 Å². The van der Waals surface area contributed by atoms with Crippen LogP contribution in [0.25, 0.3) is 0 Å². The van der Waals surface area contributed by atoms with Gasteiger partial charge < -0.3 is 5.32 Å². The lowest BCUT2D eigenvalue weighted by molar-refractivity contribution is 0.387. The summed E-state index contributed by atoms with van der Waals surface area (Å²) < 4.78 is 0. The van der Waals surface area contributed by atoms with E-state index in [9.17, 15) is 0 Å². The van der Waals surface area contributed by atoms with Gasteiger partial charge in [-0.3, -0.25) is 4.98 Å². The summed E-state index contributed by atoms with van der Waals surface area (Å²) in [7, 11) is 0. The molecule has 0 fully saturated rings. The van der Waals surface area contributed by atoms with Crippen LogP contribution in [0.4, 0.5) is 0 Å². The zero-order chi connectivity index (χ0) is 11.3. The molecule has 0 aliphatic rings. The van der Waals surface area contributed by atoms with Crippen LogP contribution in [-0.2, 0) is 6.54 Å². The molecule has 2 nitrogen and oxygen atoms in total. The van der Waals surface area contributed by atoms with Gasteiger partial charge in [-0.25, -0.2) is 0 Å². The molecule has 1 atom stereocenters. The highest BCUT2D eigenvalue weighted by Gasteiger charge is 2.09. The normalized spacial score (nSPS) is 13.1. The first-order valence-electron chi connectivity index (χ1n) is 5.78. The van der Waals surface area contributed by atoms with E-state index in [4.69, 9.17) is 0 Å². The Balaban J connectivity index is 2.45. The van der Waals surface area contributed by atoms with Crippen molar-refractivity contribution in [1.82, 2.24) is 10.3 Å². The molecule has 0 aromatic carbocycles. The lowest BCUT2D eigenvalue weighted by Crippen LogP contribution is -2.32. The van der Waals surface area contributed by atoms with E-state index in [-0.39, 0.29) is 0 Å². The standard InChI is InChI=1S/C13H22N2/c1-5-13(10(2)3)15-9-12-7-6-11(4)14-8-12/h6-8,10,13,15H,5,9H2,1-4H3. The van der Waals surface area contributed by atoms with Crippen molar-refractivity contribution in [2.45, 2.75) is 46.7 Å². The van der Waals surface area contributed by atoms with Crippen LogP contribution in [-0.4, -0.2) is 11.0 Å². The van der Waals surface area contributed by atoms with Gasteiger partial charge in [-0.2, -0.15) is 0 Å². The Bertz CT molecular complexity index is 277. The summed E-state index contributed by atoms with van der Waals surface area (Å²) >= 11 is 0. The van der Waals surface area contributed by atoms with Crippen LogP contribution in [0.15, 0.2) is 18.3 Å². The van der Waals surface area contributed by atoms with Gasteiger partial charge in [-0.1, -0.05) is 26.8 Å². The minimum Gasteiger partial charge on any atom is -0.310 e. The van der Waals surface area contributed by atoms with Gasteiger partial charge in [0.15, 0.2) is 0 Å². The number of hydrogen-bond donors (Lipinski definition) is 1. The minimum absolute atomic E-state index is 0.603. The van der Waals surface area contributed by atoms with E-state index in [1.54, 1.807) is 0 Å². The van der Waals surface area contributed by atoms with Gasteiger partial charge in [-0.15, -0.1) is 0 Å². The van der Waals surface area contributed by atoms with E-state index >= 15 is 0 Å². The van der Waals surface area contributed by atoms with Gasteiger partial charge in [0.2, 0.25) is 0 Å². The summed E-state index contributed by atoms with van der Waals surface area (Å²) in [6.45, 7) is 9.68. The molecule has 0 amide bonds. The smallest absolute Gasteiger partial charge is 0.0372 e. The molecule has 0 aliphatic heterocycles. The van der Waals surface area contributed by atoms with Crippen LogP contribution in [0.5, 0.6) is 0 Å². The van der Waals surface area contributed by atoms with Gasteiger partial charge >= 0.3 is 0 Å². The van der Waals surface area contributed by atoms with Crippen molar-refractivity contribution < 1.29 is 0 Å². The lowest BCUT2D eigenvalue weighted by atomic mass is 10.0. The van der Waals surface area contributed by atoms with Gasteiger partial charge in [-0.05, 0) is 30.9 Å². The molecule has 2 heteroatoms. The molecule has 1 rings (SSSR count). The Morgan fingerprint density at radius 3 is 2.53 bits per heavy atom. The van der Waals surface area contributed by atoms with E-state index in [2.05, 4.69) is 43.2 Å². The van der Waals surface area contributed by atoms with Crippen LogP contribution in [0, 0.1) is 12.8 Å². The van der Waals surface area contributed by atoms with E-state index in [0.29, 0.717) is 12.0 Å². The Morgan fingerprint density at radius 1 is 1.33 bits per heavy atom. The highest BCUT2D eigenvalue weighted by Crippen LogP contribution is 2.07. The predicted molar refractivity (Wildman–Crippen MR) is 64.7 cm³/mol. The highest BCUT2D eigenvalue weighted by atomic mass is 14.9. The monoisotopic (exact) mass is 206 g/mol. The summed E-state index contributed by atoms with van der Waals surface area (Å²) in [6, 6.07) is 4.81. The maximum Gasteiger partial charge on any atom is 0.0372 e. The molecule has 15 heavy (non-hydrogen) atoms. The molecule has 1 N–H and O–H groups in total. The Hall–Kier alpha value is -0.890. The Labute approximate surface area is 93.1 Å². The fraction of sp³-hybridized carbons (Fsp3) is 0.615. The fourth-order valence-electron chi connectivity index (χ4n) is 1.70. The zero-order valence-electron chi connectivity index (χ0n) is 10.2. The molecular weight excluding hydrogens is 184 g/mol. The molecule has 1 aromatic heterocycles. The number of rotatable bonds is 5. The summed E-state index contributed by atoms with van der Waals surface area (Å²) in [5.74, 6) is 0.688. The van der Waals surface area contributed by atoms with Gasteiger partial charge in [0, 0.05) is 24.5 Å². The molecule has 1 unspecified atom stereocenters. The third-order valence-electron chi connectivity index (χ3n) is 2.79. The van der Waals surface area contributed by atoms with Crippen LogP contribution >= 0.6 is 0 Å². The SMILES string of the molecule is CCC(NCc1ccc(C)nc1)C(C)C. The third kappa shape index (κ3) is 4.00. The van der Waals surface area contributed by atoms with Crippen molar-refractivity contribution in [2.75, 3.05) is 0 Å². The third-order valence-corrected chi connectivity index (χ3v) is 2.79. The van der Waals surface area contributed by atoms with Gasteiger partial charge in [0.1, 0.15) is 0 Å². The molecule has 1 aromatic rings. The first-order valence-corrected chi connectivity index (χ1v) is 5.78. The molecule has 0 saturated heterocycles. The Kier molecular flexibility index (Phi) is 4.76. The van der Waals surface area contributed by atoms with Crippen molar-refractivity contribution in [2.24, 2.45) is 5.92 Å². The second-order valence-electron chi connectivity index (χ2n) is 4.45. The van der Waals surface area contributed by atoms with Crippen molar-refractivity contribution in [1.29, 1.82) is 0 Å². The zero-order valence-corrected chi connectivity index (χ0v) is 10.2. The number of aryl methyl sites for hydroxylation is 1. The first-order chi connectivity index (χ1) is 7.13. The second kappa shape index (κ2) is 5.86. The molecule has 1 heterocycles. The molecule has 0 saturated carbocycles. The summed E-state index contributed by atoms with van der Waals surface area (Å²) in [6.07, 6.45) is 3.13. The van der Waals surface area contributed by atoms with Crippen molar-refractivity contribution in [3.63, 3.8) is 0 Å². The first kappa shape index (κ1) is 12.2. The van der Waals surface area contributed by atoms with E-state index in [1.807, 2.05) is 13.1 Å².